The number of thiazole rings is 1. The van der Waals surface area contributed by atoms with Crippen molar-refractivity contribution in [2.45, 2.75) is 6.61 Å². The van der Waals surface area contributed by atoms with Gasteiger partial charge in [-0.2, -0.15) is 0 Å². The first-order valence-corrected chi connectivity index (χ1v) is 7.59. The highest BCUT2D eigenvalue weighted by Crippen LogP contribution is 2.18. The predicted molar refractivity (Wildman–Crippen MR) is 82.6 cm³/mol. The van der Waals surface area contributed by atoms with Gasteiger partial charge in [0.05, 0.1) is 34.6 Å². The van der Waals surface area contributed by atoms with Crippen molar-refractivity contribution in [2.24, 2.45) is 9.98 Å². The summed E-state index contributed by atoms with van der Waals surface area (Å²) < 4.78 is 1.92. The fourth-order valence-electron chi connectivity index (χ4n) is 1.45. The lowest BCUT2D eigenvalue weighted by Crippen LogP contribution is -1.88. The normalized spacial score (nSPS) is 13.3. The van der Waals surface area contributed by atoms with Gasteiger partial charge in [0, 0.05) is 19.5 Å². The van der Waals surface area contributed by atoms with Gasteiger partial charge >= 0.3 is 0 Å². The minimum Gasteiger partial charge on any atom is -0.391 e. The largest absolute Gasteiger partial charge is 0.391 e. The van der Waals surface area contributed by atoms with Crippen LogP contribution >= 0.6 is 23.1 Å². The number of allylic oxidation sites excluding steroid dienone is 1. The van der Waals surface area contributed by atoms with E-state index in [0.29, 0.717) is 0 Å². The number of fused-ring (bicyclic) bond motifs is 1. The Labute approximate surface area is 119 Å². The van der Waals surface area contributed by atoms with Gasteiger partial charge in [0.1, 0.15) is 0 Å². The molecule has 19 heavy (non-hydrogen) atoms. The number of aliphatic hydroxyl groups excluding tert-OH is 1. The van der Waals surface area contributed by atoms with E-state index >= 15 is 0 Å². The Hall–Kier alpha value is -1.44. The second-order valence-corrected chi connectivity index (χ2v) is 5.49. The Morgan fingerprint density at radius 1 is 1.63 bits per heavy atom. The van der Waals surface area contributed by atoms with E-state index in [1.54, 1.807) is 37.4 Å². The Morgan fingerprint density at radius 3 is 3.16 bits per heavy atom. The quantitative estimate of drug-likeness (QED) is 0.860. The number of thioether (sulfide) groups is 1. The lowest BCUT2D eigenvalue weighted by Gasteiger charge is -1.94. The van der Waals surface area contributed by atoms with E-state index in [-0.39, 0.29) is 6.61 Å². The van der Waals surface area contributed by atoms with Crippen molar-refractivity contribution in [1.82, 2.24) is 9.38 Å². The van der Waals surface area contributed by atoms with Crippen molar-refractivity contribution in [1.29, 1.82) is 0 Å². The van der Waals surface area contributed by atoms with E-state index < -0.39 is 0 Å². The summed E-state index contributed by atoms with van der Waals surface area (Å²) in [6.45, 7) is 0.0353. The summed E-state index contributed by atoms with van der Waals surface area (Å²) in [5, 5.41) is 9.98. The predicted octanol–water partition coefficient (Wildman–Crippen LogP) is 2.21. The van der Waals surface area contributed by atoms with Crippen LogP contribution in [-0.4, -0.2) is 40.2 Å². The van der Waals surface area contributed by atoms with Crippen LogP contribution in [0.1, 0.15) is 10.6 Å². The molecular weight excluding hydrogens is 280 g/mol. The van der Waals surface area contributed by atoms with Crippen LogP contribution in [0.2, 0.25) is 0 Å². The average Bonchev–Trinajstić information content (AvgIpc) is 2.99. The van der Waals surface area contributed by atoms with Gasteiger partial charge in [0.15, 0.2) is 4.96 Å². The van der Waals surface area contributed by atoms with Crippen molar-refractivity contribution in [3.63, 3.8) is 0 Å². The Kier molecular flexibility index (Phi) is 4.89. The molecule has 5 nitrogen and oxygen atoms in total. The van der Waals surface area contributed by atoms with E-state index in [0.717, 1.165) is 20.6 Å². The molecule has 2 heterocycles. The first kappa shape index (κ1) is 14.0. The molecule has 2 rings (SSSR count). The molecule has 2 aromatic heterocycles. The van der Waals surface area contributed by atoms with Crippen LogP contribution in [0.3, 0.4) is 0 Å². The van der Waals surface area contributed by atoms with Crippen LogP contribution in [-0.2, 0) is 6.61 Å². The van der Waals surface area contributed by atoms with E-state index in [1.807, 2.05) is 22.9 Å². The van der Waals surface area contributed by atoms with Crippen molar-refractivity contribution in [3.05, 3.63) is 34.1 Å². The summed E-state index contributed by atoms with van der Waals surface area (Å²) in [5.74, 6) is 0. The third-order valence-electron chi connectivity index (χ3n) is 2.34. The summed E-state index contributed by atoms with van der Waals surface area (Å²) in [6.07, 6.45) is 10.9. The summed E-state index contributed by atoms with van der Waals surface area (Å²) in [4.78, 5) is 14.3. The standard InChI is InChI=1S/C12H14N4OS2/c1-13-4-3-11(18-2)14-5-9-6-15-12-16(9)7-10(8-17)19-12/h3-7,17H,8H2,1-2H3/b11-3+,13-4?,14-5+. The van der Waals surface area contributed by atoms with E-state index in [1.165, 1.54) is 11.3 Å². The molecule has 0 saturated carbocycles. The first-order chi connectivity index (χ1) is 9.28. The maximum absolute atomic E-state index is 9.11. The minimum absolute atomic E-state index is 0.0353. The molecule has 0 aliphatic carbocycles. The van der Waals surface area contributed by atoms with Crippen molar-refractivity contribution in [2.75, 3.05) is 13.3 Å². The number of aromatic nitrogens is 2. The van der Waals surface area contributed by atoms with Crippen LogP contribution in [0.4, 0.5) is 0 Å². The van der Waals surface area contributed by atoms with E-state index in [2.05, 4.69) is 15.0 Å². The number of rotatable bonds is 5. The summed E-state index contributed by atoms with van der Waals surface area (Å²) >= 11 is 3.02. The van der Waals surface area contributed by atoms with Crippen LogP contribution in [0.15, 0.2) is 33.5 Å². The fraction of sp³-hybridized carbons (Fsp3) is 0.250. The second-order valence-electron chi connectivity index (χ2n) is 3.57. The number of imidazole rings is 1. The van der Waals surface area contributed by atoms with Crippen LogP contribution < -0.4 is 0 Å². The molecule has 0 spiro atoms. The van der Waals surface area contributed by atoms with Gasteiger partial charge in [0.2, 0.25) is 0 Å². The van der Waals surface area contributed by atoms with Crippen LogP contribution in [0.25, 0.3) is 4.96 Å². The SMILES string of the molecule is CN=C/C=C(\N=C\c1cnc2sc(CO)cn12)SC. The highest BCUT2D eigenvalue weighted by atomic mass is 32.2. The molecule has 100 valence electrons. The smallest absolute Gasteiger partial charge is 0.194 e. The lowest BCUT2D eigenvalue weighted by atomic mass is 10.5. The number of hydrogen-bond donors (Lipinski definition) is 1. The zero-order valence-electron chi connectivity index (χ0n) is 10.6. The molecule has 7 heteroatoms. The van der Waals surface area contributed by atoms with Gasteiger partial charge in [-0.05, 0) is 12.3 Å². The summed E-state index contributed by atoms with van der Waals surface area (Å²) in [7, 11) is 1.72. The van der Waals surface area contributed by atoms with Crippen LogP contribution in [0, 0.1) is 0 Å². The molecule has 0 atom stereocenters. The molecule has 0 amide bonds. The van der Waals surface area contributed by atoms with Gasteiger partial charge in [-0.15, -0.1) is 11.8 Å². The first-order valence-electron chi connectivity index (χ1n) is 5.55. The number of nitrogens with zero attached hydrogens (tertiary/aromatic N) is 4. The third kappa shape index (κ3) is 3.31. The molecule has 0 radical (unpaired) electrons. The molecule has 1 N–H and O–H groups in total. The van der Waals surface area contributed by atoms with Crippen molar-refractivity contribution >= 4 is 40.5 Å². The molecule has 0 fully saturated rings. The monoisotopic (exact) mass is 294 g/mol. The fourth-order valence-corrected chi connectivity index (χ4v) is 2.62. The van der Waals surface area contributed by atoms with E-state index in [4.69, 9.17) is 5.11 Å². The highest BCUT2D eigenvalue weighted by molar-refractivity contribution is 8.02. The van der Waals surface area contributed by atoms with Crippen molar-refractivity contribution in [3.8, 4) is 0 Å². The maximum atomic E-state index is 9.11. The molecular formula is C12H14N4OS2. The molecule has 0 bridgehead atoms. The zero-order chi connectivity index (χ0) is 13.7. The Bertz CT molecular complexity index is 639. The third-order valence-corrected chi connectivity index (χ3v) is 3.98. The minimum atomic E-state index is 0.0353. The lowest BCUT2D eigenvalue weighted by molar-refractivity contribution is 0.285. The van der Waals surface area contributed by atoms with Gasteiger partial charge < -0.3 is 5.11 Å². The van der Waals surface area contributed by atoms with Gasteiger partial charge in [0.25, 0.3) is 0 Å². The molecule has 2 aromatic rings. The van der Waals surface area contributed by atoms with Gasteiger partial charge in [-0.3, -0.25) is 9.39 Å². The van der Waals surface area contributed by atoms with E-state index in [9.17, 15) is 0 Å². The average molecular weight is 294 g/mol. The highest BCUT2D eigenvalue weighted by Gasteiger charge is 2.05. The zero-order valence-corrected chi connectivity index (χ0v) is 12.3. The second kappa shape index (κ2) is 6.65. The number of aliphatic hydroxyl groups is 1. The maximum Gasteiger partial charge on any atom is 0.194 e. The summed E-state index contributed by atoms with van der Waals surface area (Å²) in [6, 6.07) is 0. The molecule has 0 aromatic carbocycles. The Morgan fingerprint density at radius 2 is 2.47 bits per heavy atom. The van der Waals surface area contributed by atoms with Gasteiger partial charge in [-0.1, -0.05) is 11.3 Å². The molecule has 0 saturated heterocycles. The molecule has 0 aliphatic rings. The molecule has 0 aliphatic heterocycles. The number of hydrogen-bond acceptors (Lipinski definition) is 6. The topological polar surface area (TPSA) is 62.2 Å². The summed E-state index contributed by atoms with van der Waals surface area (Å²) in [5.41, 5.74) is 0.888. The van der Waals surface area contributed by atoms with Crippen molar-refractivity contribution < 1.29 is 5.11 Å². The van der Waals surface area contributed by atoms with Crippen LogP contribution in [0.5, 0.6) is 0 Å². The van der Waals surface area contributed by atoms with Gasteiger partial charge in [-0.25, -0.2) is 9.98 Å². The number of aliphatic imine (C=N–C) groups is 2. The molecule has 0 unspecified atom stereocenters. The Balaban J connectivity index is 2.27.